The van der Waals surface area contributed by atoms with E-state index in [1.54, 1.807) is 12.1 Å². The second-order valence-corrected chi connectivity index (χ2v) is 5.48. The predicted octanol–water partition coefficient (Wildman–Crippen LogP) is 1.90. The van der Waals surface area contributed by atoms with Crippen molar-refractivity contribution in [3.8, 4) is 11.5 Å². The van der Waals surface area contributed by atoms with Crippen LogP contribution in [-0.4, -0.2) is 34.7 Å². The van der Waals surface area contributed by atoms with Gasteiger partial charge in [-0.3, -0.25) is 4.90 Å². The van der Waals surface area contributed by atoms with Crippen LogP contribution in [0.2, 0.25) is 0 Å². The number of rotatable bonds is 6. The molecule has 0 bridgehead atoms. The molecule has 0 saturated heterocycles. The number of hydrogen-bond acceptors (Lipinski definition) is 4. The van der Waals surface area contributed by atoms with Crippen molar-refractivity contribution in [3.63, 3.8) is 0 Å². The fourth-order valence-corrected chi connectivity index (χ4v) is 1.88. The monoisotopic (exact) mass is 252 g/mol. The Balaban J connectivity index is 2.74. The largest absolute Gasteiger partial charge is 0.508 e. The van der Waals surface area contributed by atoms with Gasteiger partial charge in [0, 0.05) is 24.7 Å². The average molecular weight is 252 g/mol. The van der Waals surface area contributed by atoms with E-state index in [9.17, 15) is 10.2 Å². The zero-order valence-electron chi connectivity index (χ0n) is 11.5. The summed E-state index contributed by atoms with van der Waals surface area (Å²) < 4.78 is 0. The van der Waals surface area contributed by atoms with Crippen molar-refractivity contribution < 1.29 is 10.2 Å². The van der Waals surface area contributed by atoms with Gasteiger partial charge < -0.3 is 15.9 Å². The van der Waals surface area contributed by atoms with E-state index < -0.39 is 0 Å². The fraction of sp³-hybridized carbons (Fsp3) is 0.571. The molecule has 1 rings (SSSR count). The van der Waals surface area contributed by atoms with Crippen LogP contribution in [0, 0.1) is 5.41 Å². The van der Waals surface area contributed by atoms with Gasteiger partial charge in [-0.15, -0.1) is 0 Å². The summed E-state index contributed by atoms with van der Waals surface area (Å²) in [6.07, 6.45) is 0. The third-order valence-corrected chi connectivity index (χ3v) is 3.11. The summed E-state index contributed by atoms with van der Waals surface area (Å²) in [5.74, 6) is 0.223. The van der Waals surface area contributed by atoms with Gasteiger partial charge in [0.2, 0.25) is 0 Å². The summed E-state index contributed by atoms with van der Waals surface area (Å²) in [6.45, 7) is 9.41. The van der Waals surface area contributed by atoms with E-state index in [1.165, 1.54) is 6.07 Å². The summed E-state index contributed by atoms with van der Waals surface area (Å²) in [4.78, 5) is 2.24. The summed E-state index contributed by atoms with van der Waals surface area (Å²) in [5, 5.41) is 19.0. The van der Waals surface area contributed by atoms with Crippen LogP contribution in [0.3, 0.4) is 0 Å². The summed E-state index contributed by atoms with van der Waals surface area (Å²) >= 11 is 0. The smallest absolute Gasteiger partial charge is 0.123 e. The maximum absolute atomic E-state index is 9.78. The topological polar surface area (TPSA) is 69.7 Å². The molecule has 0 heterocycles. The van der Waals surface area contributed by atoms with Gasteiger partial charge in [-0.2, -0.15) is 0 Å². The van der Waals surface area contributed by atoms with Crippen molar-refractivity contribution in [3.05, 3.63) is 23.8 Å². The first-order valence-electron chi connectivity index (χ1n) is 6.31. The van der Waals surface area contributed by atoms with Crippen LogP contribution in [0.1, 0.15) is 26.3 Å². The zero-order chi connectivity index (χ0) is 13.8. The number of hydrogen-bond donors (Lipinski definition) is 3. The highest BCUT2D eigenvalue weighted by atomic mass is 16.3. The van der Waals surface area contributed by atoms with Gasteiger partial charge >= 0.3 is 0 Å². The second kappa shape index (κ2) is 6.07. The first-order chi connectivity index (χ1) is 8.38. The predicted molar refractivity (Wildman–Crippen MR) is 73.6 cm³/mol. The highest BCUT2D eigenvalue weighted by molar-refractivity contribution is 5.38. The van der Waals surface area contributed by atoms with Crippen LogP contribution in [0.15, 0.2) is 18.2 Å². The molecular weight excluding hydrogens is 228 g/mol. The lowest BCUT2D eigenvalue weighted by molar-refractivity contribution is 0.182. The molecule has 0 saturated carbocycles. The minimum atomic E-state index is 0.0581. The van der Waals surface area contributed by atoms with Gasteiger partial charge in [0.25, 0.3) is 0 Å². The SMILES string of the molecule is CCN(Cc1ccc(O)cc1O)CC(C)(C)CN. The van der Waals surface area contributed by atoms with E-state index in [0.717, 1.165) is 18.7 Å². The van der Waals surface area contributed by atoms with E-state index in [4.69, 9.17) is 5.73 Å². The van der Waals surface area contributed by atoms with E-state index in [-0.39, 0.29) is 16.9 Å². The molecule has 0 amide bonds. The lowest BCUT2D eigenvalue weighted by Crippen LogP contribution is -2.38. The Kier molecular flexibility index (Phi) is 4.99. The number of nitrogens with two attached hydrogens (primary N) is 1. The van der Waals surface area contributed by atoms with E-state index in [0.29, 0.717) is 13.1 Å². The molecule has 102 valence electrons. The molecular formula is C14H24N2O2. The van der Waals surface area contributed by atoms with Crippen LogP contribution in [-0.2, 0) is 6.54 Å². The molecule has 0 atom stereocenters. The van der Waals surface area contributed by atoms with Crippen molar-refractivity contribution in [2.75, 3.05) is 19.6 Å². The molecule has 4 nitrogen and oxygen atoms in total. The first-order valence-corrected chi connectivity index (χ1v) is 6.31. The molecule has 1 aromatic carbocycles. The Labute approximate surface area is 109 Å². The van der Waals surface area contributed by atoms with Crippen molar-refractivity contribution in [2.24, 2.45) is 11.1 Å². The molecule has 0 aromatic heterocycles. The van der Waals surface area contributed by atoms with E-state index in [1.807, 2.05) is 0 Å². The zero-order valence-corrected chi connectivity index (χ0v) is 11.5. The molecule has 1 aromatic rings. The fourth-order valence-electron chi connectivity index (χ4n) is 1.88. The summed E-state index contributed by atoms with van der Waals surface area (Å²) in [5.41, 5.74) is 6.62. The number of phenolic OH excluding ortho intramolecular Hbond substituents is 2. The Bertz CT molecular complexity index is 391. The maximum Gasteiger partial charge on any atom is 0.123 e. The Morgan fingerprint density at radius 1 is 1.28 bits per heavy atom. The van der Waals surface area contributed by atoms with Crippen LogP contribution >= 0.6 is 0 Å². The molecule has 4 N–H and O–H groups in total. The highest BCUT2D eigenvalue weighted by Crippen LogP contribution is 2.25. The van der Waals surface area contributed by atoms with Gasteiger partial charge in [-0.05, 0) is 24.6 Å². The maximum atomic E-state index is 9.78. The van der Waals surface area contributed by atoms with Crippen LogP contribution < -0.4 is 5.73 Å². The molecule has 0 aliphatic carbocycles. The van der Waals surface area contributed by atoms with Gasteiger partial charge in [0.15, 0.2) is 0 Å². The van der Waals surface area contributed by atoms with Gasteiger partial charge in [0.1, 0.15) is 11.5 Å². The Morgan fingerprint density at radius 2 is 1.94 bits per heavy atom. The van der Waals surface area contributed by atoms with Gasteiger partial charge in [-0.25, -0.2) is 0 Å². The lowest BCUT2D eigenvalue weighted by Gasteiger charge is -2.31. The van der Waals surface area contributed by atoms with Gasteiger partial charge in [-0.1, -0.05) is 26.8 Å². The van der Waals surface area contributed by atoms with Crippen molar-refractivity contribution in [1.82, 2.24) is 4.90 Å². The highest BCUT2D eigenvalue weighted by Gasteiger charge is 2.20. The minimum absolute atomic E-state index is 0.0581. The summed E-state index contributed by atoms with van der Waals surface area (Å²) in [6, 6.07) is 4.72. The lowest BCUT2D eigenvalue weighted by atomic mass is 9.93. The third-order valence-electron chi connectivity index (χ3n) is 3.11. The average Bonchev–Trinajstić information content (AvgIpc) is 2.31. The van der Waals surface area contributed by atoms with Crippen molar-refractivity contribution in [1.29, 1.82) is 0 Å². The number of phenols is 2. The molecule has 0 radical (unpaired) electrons. The third kappa shape index (κ3) is 4.20. The number of aromatic hydroxyl groups is 2. The number of nitrogens with zero attached hydrogens (tertiary/aromatic N) is 1. The van der Waals surface area contributed by atoms with Gasteiger partial charge in [0.05, 0.1) is 0 Å². The minimum Gasteiger partial charge on any atom is -0.508 e. The summed E-state index contributed by atoms with van der Waals surface area (Å²) in [7, 11) is 0. The molecule has 0 aliphatic rings. The molecule has 0 fully saturated rings. The standard InChI is InChI=1S/C14H24N2O2/c1-4-16(10-14(2,3)9-15)8-11-5-6-12(17)7-13(11)18/h5-7,17-18H,4,8-10,15H2,1-3H3. The second-order valence-electron chi connectivity index (χ2n) is 5.48. The first kappa shape index (κ1) is 14.8. The normalized spacial score (nSPS) is 12.1. The van der Waals surface area contributed by atoms with Crippen molar-refractivity contribution >= 4 is 0 Å². The molecule has 4 heteroatoms. The Hall–Kier alpha value is -1.26. The number of benzene rings is 1. The van der Waals surface area contributed by atoms with E-state index >= 15 is 0 Å². The molecule has 0 unspecified atom stereocenters. The van der Waals surface area contributed by atoms with Crippen LogP contribution in [0.4, 0.5) is 0 Å². The quantitative estimate of drug-likeness (QED) is 0.723. The molecule has 0 spiro atoms. The van der Waals surface area contributed by atoms with Crippen LogP contribution in [0.5, 0.6) is 11.5 Å². The Morgan fingerprint density at radius 3 is 2.44 bits per heavy atom. The van der Waals surface area contributed by atoms with Crippen molar-refractivity contribution in [2.45, 2.75) is 27.3 Å². The van der Waals surface area contributed by atoms with E-state index in [2.05, 4.69) is 25.7 Å². The van der Waals surface area contributed by atoms with Crippen LogP contribution in [0.25, 0.3) is 0 Å². The molecule has 0 aliphatic heterocycles. The molecule has 18 heavy (non-hydrogen) atoms.